The Morgan fingerprint density at radius 2 is 1.77 bits per heavy atom. The smallest absolute Gasteiger partial charge is 0.353 e. The van der Waals surface area contributed by atoms with Crippen molar-refractivity contribution in [3.05, 3.63) is 29.8 Å². The molecule has 2 atom stereocenters. The van der Waals surface area contributed by atoms with Crippen LogP contribution in [0.1, 0.15) is 5.56 Å². The minimum atomic E-state index is -2.54. The second-order valence-corrected chi connectivity index (χ2v) is 4.80. The van der Waals surface area contributed by atoms with Gasteiger partial charge in [-0.1, -0.05) is 18.2 Å². The van der Waals surface area contributed by atoms with Gasteiger partial charge in [0.25, 0.3) is 4.58 Å². The summed E-state index contributed by atoms with van der Waals surface area (Å²) in [5, 5.41) is 0. The lowest BCUT2D eigenvalue weighted by Gasteiger charge is -2.20. The van der Waals surface area contributed by atoms with E-state index in [1.165, 1.54) is 12.1 Å². The molecule has 0 fully saturated rings. The number of halogens is 4. The maximum Gasteiger partial charge on any atom is 0.353 e. The van der Waals surface area contributed by atoms with E-state index < -0.39 is 9.34 Å². The van der Waals surface area contributed by atoms with E-state index in [0.717, 1.165) is 0 Å². The molecular formula is C8H4Br2F2O. The van der Waals surface area contributed by atoms with Gasteiger partial charge in [0.05, 0.1) is 5.56 Å². The van der Waals surface area contributed by atoms with Crippen molar-refractivity contribution >= 4 is 31.9 Å². The van der Waals surface area contributed by atoms with E-state index >= 15 is 0 Å². The predicted octanol–water partition coefficient (Wildman–Crippen LogP) is 3.61. The molecular weight excluding hydrogens is 310 g/mol. The van der Waals surface area contributed by atoms with Gasteiger partial charge < -0.3 is 4.74 Å². The molecule has 13 heavy (non-hydrogen) atoms. The monoisotopic (exact) mass is 312 g/mol. The summed E-state index contributed by atoms with van der Waals surface area (Å²) in [6.45, 7) is 0. The lowest BCUT2D eigenvalue weighted by atomic mass is 10.1. The highest BCUT2D eigenvalue weighted by Crippen LogP contribution is 2.57. The highest BCUT2D eigenvalue weighted by Gasteiger charge is 2.60. The third-order valence-corrected chi connectivity index (χ3v) is 4.01. The van der Waals surface area contributed by atoms with E-state index in [9.17, 15) is 8.78 Å². The second-order valence-electron chi connectivity index (χ2n) is 2.69. The van der Waals surface area contributed by atoms with Gasteiger partial charge in [-0.05, 0) is 22.0 Å². The summed E-state index contributed by atoms with van der Waals surface area (Å²) in [7, 11) is 0. The van der Waals surface area contributed by atoms with E-state index in [-0.39, 0.29) is 11.3 Å². The average Bonchev–Trinajstić information content (AvgIpc) is 2.20. The van der Waals surface area contributed by atoms with Crippen LogP contribution in [0.25, 0.3) is 0 Å². The van der Waals surface area contributed by atoms with Gasteiger partial charge >= 0.3 is 4.76 Å². The summed E-state index contributed by atoms with van der Waals surface area (Å²) in [6.07, 6.45) is 0. The van der Waals surface area contributed by atoms with Gasteiger partial charge in [-0.15, -0.1) is 0 Å². The molecule has 5 heteroatoms. The average molecular weight is 314 g/mol. The van der Waals surface area contributed by atoms with Crippen molar-refractivity contribution in [1.29, 1.82) is 0 Å². The largest absolute Gasteiger partial charge is 0.445 e. The standard InChI is InChI=1S/C8H4Br2F2O/c9-7(11)5-3-1-2-4-6(5)13-8(7,10)12/h1-4H. The minimum absolute atomic E-state index is 0.148. The van der Waals surface area contributed by atoms with Crippen LogP contribution in [0, 0.1) is 0 Å². The lowest BCUT2D eigenvalue weighted by Crippen LogP contribution is -2.33. The normalized spacial score (nSPS) is 36.9. The summed E-state index contributed by atoms with van der Waals surface area (Å²) in [5.41, 5.74) is 0.148. The van der Waals surface area contributed by atoms with Crippen LogP contribution in [0.5, 0.6) is 5.75 Å². The Morgan fingerprint density at radius 1 is 1.15 bits per heavy atom. The fourth-order valence-electron chi connectivity index (χ4n) is 1.17. The van der Waals surface area contributed by atoms with Crippen LogP contribution in [0.4, 0.5) is 8.78 Å². The second kappa shape index (κ2) is 2.67. The molecule has 0 N–H and O–H groups in total. The number of hydrogen-bond acceptors (Lipinski definition) is 1. The number of fused-ring (bicyclic) bond motifs is 1. The third kappa shape index (κ3) is 1.21. The lowest BCUT2D eigenvalue weighted by molar-refractivity contribution is -0.0216. The fourth-order valence-corrected chi connectivity index (χ4v) is 1.97. The van der Waals surface area contributed by atoms with Gasteiger partial charge in [0.15, 0.2) is 0 Å². The molecule has 1 heterocycles. The molecule has 1 aromatic carbocycles. The maximum atomic E-state index is 13.8. The minimum Gasteiger partial charge on any atom is -0.445 e. The Labute approximate surface area is 90.3 Å². The predicted molar refractivity (Wildman–Crippen MR) is 51.5 cm³/mol. The van der Waals surface area contributed by atoms with Crippen LogP contribution in [0.15, 0.2) is 24.3 Å². The molecule has 2 unspecified atom stereocenters. The molecule has 0 saturated heterocycles. The first kappa shape index (κ1) is 9.40. The van der Waals surface area contributed by atoms with E-state index in [4.69, 9.17) is 4.74 Å². The summed E-state index contributed by atoms with van der Waals surface area (Å²) in [5.74, 6) is 0.196. The third-order valence-electron chi connectivity index (χ3n) is 1.83. The highest BCUT2D eigenvalue weighted by molar-refractivity contribution is 9.12. The molecule has 0 aromatic heterocycles. The number of hydrogen-bond donors (Lipinski definition) is 0. The number of rotatable bonds is 0. The fraction of sp³-hybridized carbons (Fsp3) is 0.250. The molecule has 0 bridgehead atoms. The van der Waals surface area contributed by atoms with E-state index in [2.05, 4.69) is 31.9 Å². The number of benzene rings is 1. The number of ether oxygens (including phenoxy) is 1. The molecule has 1 aliphatic heterocycles. The molecule has 0 aliphatic carbocycles. The van der Waals surface area contributed by atoms with Crippen LogP contribution < -0.4 is 4.74 Å². The van der Waals surface area contributed by atoms with E-state index in [0.29, 0.717) is 0 Å². The van der Waals surface area contributed by atoms with Crippen LogP contribution in [0.3, 0.4) is 0 Å². The summed E-state index contributed by atoms with van der Waals surface area (Å²) < 4.78 is 27.1. The molecule has 70 valence electrons. The van der Waals surface area contributed by atoms with Crippen molar-refractivity contribution in [3.63, 3.8) is 0 Å². The first-order chi connectivity index (χ1) is 5.95. The van der Waals surface area contributed by atoms with Crippen molar-refractivity contribution in [3.8, 4) is 5.75 Å². The van der Waals surface area contributed by atoms with Gasteiger partial charge in [0.2, 0.25) is 0 Å². The van der Waals surface area contributed by atoms with Crippen molar-refractivity contribution in [2.45, 2.75) is 9.34 Å². The van der Waals surface area contributed by atoms with Crippen molar-refractivity contribution in [2.24, 2.45) is 0 Å². The zero-order valence-corrected chi connectivity index (χ0v) is 9.40. The SMILES string of the molecule is FC1(Br)Oc2ccccc2C1(F)Br. The Bertz CT molecular complexity index is 352. The molecule has 0 saturated carbocycles. The zero-order chi connectivity index (χ0) is 9.69. The quantitative estimate of drug-likeness (QED) is 0.665. The first-order valence-electron chi connectivity index (χ1n) is 3.49. The number of alkyl halides is 4. The van der Waals surface area contributed by atoms with Crippen LogP contribution in [0.2, 0.25) is 0 Å². The van der Waals surface area contributed by atoms with Crippen LogP contribution in [-0.4, -0.2) is 4.76 Å². The molecule has 2 rings (SSSR count). The van der Waals surface area contributed by atoms with Gasteiger partial charge in [-0.3, -0.25) is 0 Å². The Morgan fingerprint density at radius 3 is 2.38 bits per heavy atom. The van der Waals surface area contributed by atoms with Crippen LogP contribution in [-0.2, 0) is 4.58 Å². The highest BCUT2D eigenvalue weighted by atomic mass is 79.9. The topological polar surface area (TPSA) is 9.23 Å². The molecule has 0 amide bonds. The van der Waals surface area contributed by atoms with Crippen molar-refractivity contribution < 1.29 is 13.5 Å². The van der Waals surface area contributed by atoms with Gasteiger partial charge in [-0.25, -0.2) is 4.39 Å². The molecule has 0 radical (unpaired) electrons. The maximum absolute atomic E-state index is 13.8. The summed E-state index contributed by atoms with van der Waals surface area (Å²) >= 11 is 5.18. The zero-order valence-electron chi connectivity index (χ0n) is 6.23. The first-order valence-corrected chi connectivity index (χ1v) is 5.08. The van der Waals surface area contributed by atoms with E-state index in [1.807, 2.05) is 0 Å². The Hall–Kier alpha value is -0.160. The van der Waals surface area contributed by atoms with Gasteiger partial charge in [-0.2, -0.15) is 4.39 Å². The van der Waals surface area contributed by atoms with Crippen molar-refractivity contribution in [1.82, 2.24) is 0 Å². The van der Waals surface area contributed by atoms with E-state index in [1.54, 1.807) is 12.1 Å². The summed E-state index contributed by atoms with van der Waals surface area (Å²) in [4.78, 5) is 0. The molecule has 1 aromatic rings. The number of para-hydroxylation sites is 1. The molecule has 1 nitrogen and oxygen atoms in total. The van der Waals surface area contributed by atoms with Gasteiger partial charge in [0.1, 0.15) is 5.75 Å². The van der Waals surface area contributed by atoms with Crippen molar-refractivity contribution in [2.75, 3.05) is 0 Å². The van der Waals surface area contributed by atoms with Crippen LogP contribution >= 0.6 is 31.9 Å². The Kier molecular flexibility index (Phi) is 1.93. The summed E-state index contributed by atoms with van der Waals surface area (Å²) in [6, 6.07) is 6.24. The Balaban J connectivity index is 2.60. The van der Waals surface area contributed by atoms with Gasteiger partial charge in [0, 0.05) is 15.9 Å². The molecule has 0 spiro atoms. The molecule has 1 aliphatic rings.